The highest BCUT2D eigenvalue weighted by atomic mass is 16.4. The number of carbonyl (C=O) groups is 7. The molecule has 0 saturated carbocycles. The lowest BCUT2D eigenvalue weighted by Gasteiger charge is -2.32. The molecule has 2 rings (SSSR count). The smallest absolute Gasteiger partial charge is 0.326 e. The second-order valence-corrected chi connectivity index (χ2v) is 13.8. The van der Waals surface area contributed by atoms with E-state index in [9.17, 15) is 54.0 Å². The predicted octanol–water partition coefficient (Wildman–Crippen LogP) is -1.30. The third kappa shape index (κ3) is 14.6. The maximum atomic E-state index is 13.9. The standard InChI is InChI=1S/C35H55N7O11/c1-19(2)17-26(35(52)53)40-31(48)24(13-14-28(45)46)38-33(50)27-8-6-16-42(27)34(51)29(20(3)43)41-32(49)25(18-21-9-11-22(44)12-10-21)39-30(47)23(37)7-4-5-15-36/h9-12,19-20,23-27,29,43-44H,4-8,13-18,36-37H2,1-3H3,(H,38,50)(H,39,47)(H,40,48)(H,41,49)(H,45,46)(H,52,53)/t20-,23+,24+,25+,26+,27+,29+/m1/s1. The van der Waals surface area contributed by atoms with Crippen LogP contribution in [0, 0.1) is 5.92 Å². The first kappa shape index (κ1) is 44.4. The SMILES string of the molecule is CC(C)C[C@H](NC(=O)[C@H](CCC(=O)O)NC(=O)[C@@H]1CCCN1C(=O)[C@@H](NC(=O)[C@H](Cc1ccc(O)cc1)NC(=O)[C@@H](N)CCCCN)[C@@H](C)O)C(=O)O. The Bertz CT molecular complexity index is 1420. The Morgan fingerprint density at radius 2 is 1.47 bits per heavy atom. The number of likely N-dealkylation sites (tertiary alicyclic amines) is 1. The number of hydrogen-bond donors (Lipinski definition) is 10. The van der Waals surface area contributed by atoms with Gasteiger partial charge in [0.2, 0.25) is 29.5 Å². The van der Waals surface area contributed by atoms with Gasteiger partial charge in [0, 0.05) is 19.4 Å². The number of nitrogens with one attached hydrogen (secondary N) is 4. The van der Waals surface area contributed by atoms with Crippen LogP contribution in [0.1, 0.15) is 77.7 Å². The number of rotatable bonds is 22. The number of phenols is 1. The van der Waals surface area contributed by atoms with Gasteiger partial charge in [0.05, 0.1) is 12.1 Å². The Kier molecular flexibility index (Phi) is 18.1. The van der Waals surface area contributed by atoms with Crippen molar-refractivity contribution in [2.45, 2.75) is 121 Å². The molecular weight excluding hydrogens is 694 g/mol. The minimum Gasteiger partial charge on any atom is -0.508 e. The van der Waals surface area contributed by atoms with Crippen molar-refractivity contribution >= 4 is 41.5 Å². The van der Waals surface area contributed by atoms with E-state index in [4.69, 9.17) is 11.5 Å². The highest BCUT2D eigenvalue weighted by molar-refractivity contribution is 5.97. The second-order valence-electron chi connectivity index (χ2n) is 13.8. The highest BCUT2D eigenvalue weighted by Gasteiger charge is 2.41. The number of carbonyl (C=O) groups excluding carboxylic acids is 5. The summed E-state index contributed by atoms with van der Waals surface area (Å²) in [6.07, 6.45) is -0.334. The maximum Gasteiger partial charge on any atom is 0.326 e. The fourth-order valence-corrected chi connectivity index (χ4v) is 5.89. The summed E-state index contributed by atoms with van der Waals surface area (Å²) >= 11 is 0. The maximum absolute atomic E-state index is 13.9. The van der Waals surface area contributed by atoms with Crippen molar-refractivity contribution in [3.63, 3.8) is 0 Å². The van der Waals surface area contributed by atoms with E-state index in [0.29, 0.717) is 37.8 Å². The number of aliphatic hydroxyl groups excluding tert-OH is 1. The van der Waals surface area contributed by atoms with Gasteiger partial charge in [-0.3, -0.25) is 28.8 Å². The quantitative estimate of drug-likeness (QED) is 0.0617. The summed E-state index contributed by atoms with van der Waals surface area (Å²) in [5.41, 5.74) is 12.1. The Morgan fingerprint density at radius 3 is 2.04 bits per heavy atom. The summed E-state index contributed by atoms with van der Waals surface area (Å²) in [6.45, 7) is 5.24. The molecule has 1 saturated heterocycles. The van der Waals surface area contributed by atoms with Gasteiger partial charge in [0.25, 0.3) is 0 Å². The van der Waals surface area contributed by atoms with Crippen LogP contribution in [0.5, 0.6) is 5.75 Å². The molecule has 0 aliphatic carbocycles. The number of hydrogen-bond acceptors (Lipinski definition) is 11. The fraction of sp³-hybridized carbons (Fsp3) is 0.629. The molecule has 1 aliphatic heterocycles. The molecule has 1 aliphatic rings. The summed E-state index contributed by atoms with van der Waals surface area (Å²) in [4.78, 5) is 91.5. The second kappa shape index (κ2) is 21.7. The third-order valence-electron chi connectivity index (χ3n) is 8.80. The average molecular weight is 750 g/mol. The van der Waals surface area contributed by atoms with E-state index in [1.807, 2.05) is 0 Å². The van der Waals surface area contributed by atoms with Crippen LogP contribution in [0.2, 0.25) is 0 Å². The predicted molar refractivity (Wildman–Crippen MR) is 191 cm³/mol. The summed E-state index contributed by atoms with van der Waals surface area (Å²) in [5, 5.41) is 49.1. The molecule has 7 atom stereocenters. The summed E-state index contributed by atoms with van der Waals surface area (Å²) in [6, 6.07) is -1.82. The molecule has 0 spiro atoms. The number of carboxylic acid groups (broad SMARTS) is 2. The fourth-order valence-electron chi connectivity index (χ4n) is 5.89. The van der Waals surface area contributed by atoms with Crippen LogP contribution in [0.25, 0.3) is 0 Å². The van der Waals surface area contributed by atoms with E-state index in [-0.39, 0.29) is 43.9 Å². The number of nitrogens with two attached hydrogens (primary N) is 2. The number of nitrogens with zero attached hydrogens (tertiary/aromatic N) is 1. The number of aliphatic carboxylic acids is 2. The molecule has 1 fully saturated rings. The molecule has 0 unspecified atom stereocenters. The molecule has 5 amide bonds. The monoisotopic (exact) mass is 749 g/mol. The van der Waals surface area contributed by atoms with Gasteiger partial charge < -0.3 is 58.1 Å². The molecule has 0 radical (unpaired) electrons. The zero-order valence-electron chi connectivity index (χ0n) is 30.5. The summed E-state index contributed by atoms with van der Waals surface area (Å²) < 4.78 is 0. The van der Waals surface area contributed by atoms with Gasteiger partial charge in [0.1, 0.15) is 36.0 Å². The Balaban J connectivity index is 2.27. The number of aromatic hydroxyl groups is 1. The van der Waals surface area contributed by atoms with E-state index in [0.717, 1.165) is 4.90 Å². The molecule has 0 aromatic heterocycles. The number of benzene rings is 1. The number of unbranched alkanes of at least 4 members (excludes halogenated alkanes) is 1. The van der Waals surface area contributed by atoms with Gasteiger partial charge in [-0.25, -0.2) is 4.79 Å². The first-order valence-corrected chi connectivity index (χ1v) is 17.8. The van der Waals surface area contributed by atoms with Crippen LogP contribution in [0.4, 0.5) is 0 Å². The van der Waals surface area contributed by atoms with Crippen molar-refractivity contribution < 1.29 is 54.0 Å². The lowest BCUT2D eigenvalue weighted by atomic mass is 10.0. The van der Waals surface area contributed by atoms with Crippen LogP contribution in [-0.4, -0.2) is 122 Å². The Labute approximate surface area is 308 Å². The Morgan fingerprint density at radius 1 is 0.849 bits per heavy atom. The van der Waals surface area contributed by atoms with Crippen molar-refractivity contribution in [3.8, 4) is 5.75 Å². The van der Waals surface area contributed by atoms with Crippen LogP contribution < -0.4 is 32.7 Å². The van der Waals surface area contributed by atoms with Crippen molar-refractivity contribution in [1.82, 2.24) is 26.2 Å². The normalized spacial score (nSPS) is 17.5. The molecule has 18 nitrogen and oxygen atoms in total. The van der Waals surface area contributed by atoms with Gasteiger partial charge >= 0.3 is 11.9 Å². The van der Waals surface area contributed by atoms with Crippen LogP contribution in [-0.2, 0) is 40.0 Å². The zero-order chi connectivity index (χ0) is 39.8. The van der Waals surface area contributed by atoms with Crippen LogP contribution in [0.3, 0.4) is 0 Å². The molecule has 1 aromatic carbocycles. The summed E-state index contributed by atoms with van der Waals surface area (Å²) in [7, 11) is 0. The Hall–Kier alpha value is -4.81. The van der Waals surface area contributed by atoms with Gasteiger partial charge in [-0.2, -0.15) is 0 Å². The van der Waals surface area contributed by atoms with Gasteiger partial charge in [0.15, 0.2) is 0 Å². The van der Waals surface area contributed by atoms with E-state index in [1.165, 1.54) is 19.1 Å². The van der Waals surface area contributed by atoms with E-state index in [1.54, 1.807) is 26.0 Å². The first-order valence-electron chi connectivity index (χ1n) is 17.8. The molecule has 1 heterocycles. The molecule has 1 aromatic rings. The zero-order valence-corrected chi connectivity index (χ0v) is 30.5. The van der Waals surface area contributed by atoms with Crippen molar-refractivity contribution in [2.24, 2.45) is 17.4 Å². The largest absolute Gasteiger partial charge is 0.508 e. The van der Waals surface area contributed by atoms with Gasteiger partial charge in [-0.05, 0) is 75.6 Å². The van der Waals surface area contributed by atoms with Crippen LogP contribution in [0.15, 0.2) is 24.3 Å². The van der Waals surface area contributed by atoms with Crippen LogP contribution >= 0.6 is 0 Å². The number of amides is 5. The average Bonchev–Trinajstić information content (AvgIpc) is 3.59. The van der Waals surface area contributed by atoms with E-state index in [2.05, 4.69) is 21.3 Å². The van der Waals surface area contributed by atoms with Crippen molar-refractivity contribution in [2.75, 3.05) is 13.1 Å². The molecule has 18 heteroatoms. The molecule has 296 valence electrons. The third-order valence-corrected chi connectivity index (χ3v) is 8.80. The highest BCUT2D eigenvalue weighted by Crippen LogP contribution is 2.21. The number of phenolic OH excluding ortho intramolecular Hbond substituents is 1. The summed E-state index contributed by atoms with van der Waals surface area (Å²) in [5.74, 6) is -6.68. The van der Waals surface area contributed by atoms with Crippen molar-refractivity contribution in [1.29, 1.82) is 0 Å². The molecule has 12 N–H and O–H groups in total. The number of aliphatic hydroxyl groups is 1. The molecular formula is C35H55N7O11. The van der Waals surface area contributed by atoms with E-state index < -0.39 is 90.3 Å². The minimum absolute atomic E-state index is 0.0194. The van der Waals surface area contributed by atoms with Gasteiger partial charge in [-0.1, -0.05) is 32.4 Å². The topological polar surface area (TPSA) is 304 Å². The minimum atomic E-state index is -1.58. The van der Waals surface area contributed by atoms with Gasteiger partial charge in [-0.15, -0.1) is 0 Å². The van der Waals surface area contributed by atoms with E-state index >= 15 is 0 Å². The number of carboxylic acids is 2. The lowest BCUT2D eigenvalue weighted by Crippen LogP contribution is -2.61. The molecule has 0 bridgehead atoms. The molecule has 53 heavy (non-hydrogen) atoms. The first-order chi connectivity index (χ1) is 24.9. The van der Waals surface area contributed by atoms with Crippen molar-refractivity contribution in [3.05, 3.63) is 29.8 Å². The lowest BCUT2D eigenvalue weighted by molar-refractivity contribution is -0.145.